The number of fused-ring (bicyclic) bond motifs is 1. The molecule has 0 aliphatic carbocycles. The molecule has 7 nitrogen and oxygen atoms in total. The van der Waals surface area contributed by atoms with Gasteiger partial charge >= 0.3 is 57.4 Å². The van der Waals surface area contributed by atoms with Crippen molar-refractivity contribution in [1.29, 1.82) is 0 Å². The first kappa shape index (κ1) is 24.1. The Balaban J connectivity index is 0.00000169. The van der Waals surface area contributed by atoms with Gasteiger partial charge in [-0.1, -0.05) is 18.2 Å². The zero-order valence-electron chi connectivity index (χ0n) is 14.0. The fraction of sp³-hybridized carbons (Fsp3) is 0.438. The van der Waals surface area contributed by atoms with E-state index in [1.165, 1.54) is 16.7 Å². The molecule has 2 saturated heterocycles. The first-order chi connectivity index (χ1) is 11.3. The molecule has 0 radical (unpaired) electrons. The Morgan fingerprint density at radius 2 is 1.92 bits per heavy atom. The summed E-state index contributed by atoms with van der Waals surface area (Å²) in [7, 11) is 0. The van der Waals surface area contributed by atoms with E-state index in [4.69, 9.17) is 4.74 Å². The number of thioether (sulfide) groups is 1. The van der Waals surface area contributed by atoms with E-state index in [1.807, 2.05) is 6.07 Å². The Kier molecular flexibility index (Phi) is 8.79. The standard InChI is InChI=1S/C16H18N2O5S.K.Zn.H/c1-16(2)12(15(21)22)18-13(20)11(14(18)24-16)17-10(19)8-23-9-6-4-3-5-7-9;;;/h3-7,11-12,14H,8H2,1-2H3,(H,17,19)(H,21,22);;;/t11-,12+,14-;;;/m1.../s1. The van der Waals surface area contributed by atoms with Gasteiger partial charge in [0, 0.05) is 24.2 Å². The van der Waals surface area contributed by atoms with E-state index in [2.05, 4.69) is 5.32 Å². The molecule has 10 heteroatoms. The van der Waals surface area contributed by atoms with Gasteiger partial charge in [-0.3, -0.25) is 9.59 Å². The summed E-state index contributed by atoms with van der Waals surface area (Å²) >= 11 is 1.39. The van der Waals surface area contributed by atoms with Crippen molar-refractivity contribution in [1.82, 2.24) is 10.2 Å². The van der Waals surface area contributed by atoms with Crippen LogP contribution in [0.3, 0.4) is 0 Å². The minimum atomic E-state index is -1.03. The molecule has 132 valence electrons. The smallest absolute Gasteiger partial charge is 0 e. The third-order valence-corrected chi connectivity index (χ3v) is 5.68. The van der Waals surface area contributed by atoms with Crippen LogP contribution in [0.5, 0.6) is 5.75 Å². The molecule has 3 atom stereocenters. The van der Waals surface area contributed by atoms with Crippen molar-refractivity contribution in [2.75, 3.05) is 6.61 Å². The van der Waals surface area contributed by atoms with Crippen molar-refractivity contribution in [3.63, 3.8) is 0 Å². The molecule has 2 fully saturated rings. The van der Waals surface area contributed by atoms with Gasteiger partial charge in [0.1, 0.15) is 23.2 Å². The second-order valence-electron chi connectivity index (χ2n) is 6.25. The number of hydrogen-bond acceptors (Lipinski definition) is 5. The van der Waals surface area contributed by atoms with E-state index in [-0.39, 0.29) is 88.8 Å². The number of nitrogens with zero attached hydrogens (tertiary/aromatic N) is 1. The number of carbonyl (C=O) groups excluding carboxylic acids is 2. The molecule has 0 unspecified atom stereocenters. The molecular weight excluding hydrogens is 437 g/mol. The molecule has 26 heavy (non-hydrogen) atoms. The summed E-state index contributed by atoms with van der Waals surface area (Å²) in [4.78, 5) is 37.0. The third-order valence-electron chi connectivity index (χ3n) is 4.10. The van der Waals surface area contributed by atoms with Crippen LogP contribution < -0.4 is 10.1 Å². The van der Waals surface area contributed by atoms with E-state index in [1.54, 1.807) is 38.1 Å². The SMILES string of the molecule is CC1(C)S[C@@H]2[C@H](NC(=O)COc3ccccc3)C(=O)N2[C@H]1C(=O)O.[KH].[Zn]. The van der Waals surface area contributed by atoms with Gasteiger partial charge < -0.3 is 20.1 Å². The molecule has 0 aromatic heterocycles. The Morgan fingerprint density at radius 1 is 1.31 bits per heavy atom. The summed E-state index contributed by atoms with van der Waals surface area (Å²) in [5, 5.41) is 11.6. The zero-order valence-corrected chi connectivity index (χ0v) is 17.8. The number of β-lactam (4-membered cyclic amide) rings is 1. The van der Waals surface area contributed by atoms with Gasteiger partial charge in [0.05, 0.1) is 0 Å². The summed E-state index contributed by atoms with van der Waals surface area (Å²) < 4.78 is 4.74. The summed E-state index contributed by atoms with van der Waals surface area (Å²) in [6.07, 6.45) is 0. The number of rotatable bonds is 5. The molecule has 0 saturated carbocycles. The number of carboxylic acid groups (broad SMARTS) is 1. The number of carboxylic acids is 1. The molecule has 1 aromatic rings. The number of para-hydroxylation sites is 1. The molecule has 2 N–H and O–H groups in total. The Hall–Kier alpha value is 0.0397. The number of hydrogen-bond donors (Lipinski definition) is 2. The summed E-state index contributed by atoms with van der Waals surface area (Å²) in [5.41, 5.74) is 0. The van der Waals surface area contributed by atoms with E-state index in [0.717, 1.165) is 0 Å². The molecule has 1 aromatic carbocycles. The van der Waals surface area contributed by atoms with Crippen LogP contribution in [0.1, 0.15) is 13.8 Å². The maximum atomic E-state index is 12.2. The predicted molar refractivity (Wildman–Crippen MR) is 94.7 cm³/mol. The monoisotopic (exact) mass is 454 g/mol. The number of aliphatic carboxylic acids is 1. The number of amides is 2. The molecule has 2 aliphatic rings. The predicted octanol–water partition coefficient (Wildman–Crippen LogP) is 0.0461. The average molecular weight is 456 g/mol. The summed E-state index contributed by atoms with van der Waals surface area (Å²) in [6.45, 7) is 3.38. The molecule has 3 rings (SSSR count). The van der Waals surface area contributed by atoms with Crippen LogP contribution in [0.25, 0.3) is 0 Å². The van der Waals surface area contributed by atoms with Gasteiger partial charge in [-0.2, -0.15) is 0 Å². The first-order valence-corrected chi connectivity index (χ1v) is 8.39. The van der Waals surface area contributed by atoms with Crippen molar-refractivity contribution in [3.05, 3.63) is 30.3 Å². The van der Waals surface area contributed by atoms with Crippen LogP contribution in [-0.4, -0.2) is 108 Å². The Labute approximate surface area is 211 Å². The van der Waals surface area contributed by atoms with Crippen molar-refractivity contribution in [2.24, 2.45) is 0 Å². The van der Waals surface area contributed by atoms with Crippen LogP contribution in [-0.2, 0) is 33.9 Å². The van der Waals surface area contributed by atoms with Gasteiger partial charge in [-0.25, -0.2) is 4.79 Å². The maximum absolute atomic E-state index is 12.2. The van der Waals surface area contributed by atoms with Crippen molar-refractivity contribution >= 4 is 80.9 Å². The maximum Gasteiger partial charge on any atom is 0 e. The average Bonchev–Trinajstić information content (AvgIpc) is 2.80. The van der Waals surface area contributed by atoms with Gasteiger partial charge in [0.25, 0.3) is 5.91 Å². The molecule has 2 heterocycles. The fourth-order valence-corrected chi connectivity index (χ4v) is 4.65. The van der Waals surface area contributed by atoms with Crippen LogP contribution in [0.2, 0.25) is 0 Å². The van der Waals surface area contributed by atoms with E-state index in [9.17, 15) is 19.5 Å². The minimum Gasteiger partial charge on any atom is 0 e. The fourth-order valence-electron chi connectivity index (χ4n) is 3.03. The van der Waals surface area contributed by atoms with Crippen molar-refractivity contribution in [2.45, 2.75) is 36.1 Å². The number of carbonyl (C=O) groups is 3. The van der Waals surface area contributed by atoms with Gasteiger partial charge in [0.2, 0.25) is 5.91 Å². The van der Waals surface area contributed by atoms with Crippen LogP contribution in [0, 0.1) is 0 Å². The Morgan fingerprint density at radius 3 is 2.50 bits per heavy atom. The number of ether oxygens (including phenoxy) is 1. The summed E-state index contributed by atoms with van der Waals surface area (Å²) in [5.74, 6) is -1.23. The topological polar surface area (TPSA) is 95.9 Å². The molecule has 0 bridgehead atoms. The third kappa shape index (κ3) is 4.71. The number of nitrogens with one attached hydrogen (secondary N) is 1. The molecule has 2 amide bonds. The normalized spacial score (nSPS) is 25.1. The van der Waals surface area contributed by atoms with Crippen LogP contribution in [0.4, 0.5) is 0 Å². The Bertz CT molecular complexity index is 690. The molecule has 2 aliphatic heterocycles. The largest absolute Gasteiger partial charge is 0 e. The van der Waals surface area contributed by atoms with Crippen molar-refractivity contribution < 1.29 is 43.7 Å². The van der Waals surface area contributed by atoms with Crippen LogP contribution in [0.15, 0.2) is 30.3 Å². The minimum absolute atomic E-state index is 0. The second-order valence-corrected chi connectivity index (χ2v) is 8.02. The van der Waals surface area contributed by atoms with Crippen LogP contribution >= 0.6 is 11.8 Å². The van der Waals surface area contributed by atoms with E-state index >= 15 is 0 Å². The van der Waals surface area contributed by atoms with Gasteiger partial charge in [0.15, 0.2) is 6.61 Å². The van der Waals surface area contributed by atoms with Gasteiger partial charge in [-0.15, -0.1) is 11.8 Å². The second kappa shape index (κ2) is 9.49. The first-order valence-electron chi connectivity index (χ1n) is 7.51. The quantitative estimate of drug-likeness (QED) is 0.481. The molecular formula is C16H19KN2O5SZn. The molecule has 0 spiro atoms. The van der Waals surface area contributed by atoms with E-state index in [0.29, 0.717) is 5.75 Å². The van der Waals surface area contributed by atoms with E-state index < -0.39 is 28.7 Å². The van der Waals surface area contributed by atoms with Crippen molar-refractivity contribution in [3.8, 4) is 5.75 Å². The van der Waals surface area contributed by atoms with Gasteiger partial charge in [-0.05, 0) is 26.0 Å². The zero-order chi connectivity index (χ0) is 17.5. The number of benzene rings is 1. The summed E-state index contributed by atoms with van der Waals surface area (Å²) in [6, 6.07) is 7.31.